The lowest BCUT2D eigenvalue weighted by molar-refractivity contribution is 0.0940. The molecule has 1 aromatic heterocycles. The largest absolute Gasteiger partial charge is 0.473 e. The van der Waals surface area contributed by atoms with E-state index in [2.05, 4.69) is 10.3 Å². The Bertz CT molecular complexity index is 804. The zero-order valence-electron chi connectivity index (χ0n) is 13.0. The van der Waals surface area contributed by atoms with E-state index in [0.29, 0.717) is 24.5 Å². The van der Waals surface area contributed by atoms with Crippen LogP contribution in [0.4, 0.5) is 0 Å². The molecule has 0 unspecified atom stereocenters. The van der Waals surface area contributed by atoms with Crippen molar-refractivity contribution < 1.29 is 17.9 Å². The average Bonchev–Trinajstić information content (AvgIpc) is 2.93. The molecule has 1 N–H and O–H groups in total. The number of aromatic nitrogens is 1. The van der Waals surface area contributed by atoms with E-state index in [4.69, 9.17) is 4.74 Å². The van der Waals surface area contributed by atoms with Crippen molar-refractivity contribution >= 4 is 15.7 Å². The molecule has 6 nitrogen and oxygen atoms in total. The van der Waals surface area contributed by atoms with Crippen molar-refractivity contribution in [3.63, 3.8) is 0 Å². The van der Waals surface area contributed by atoms with Crippen LogP contribution in [0.15, 0.2) is 48.7 Å². The first-order chi connectivity index (χ1) is 11.5. The van der Waals surface area contributed by atoms with Crippen LogP contribution in [-0.2, 0) is 16.4 Å². The maximum atomic E-state index is 12.1. The van der Waals surface area contributed by atoms with Crippen LogP contribution in [0.1, 0.15) is 22.3 Å². The number of pyridine rings is 1. The third-order valence-corrected chi connectivity index (χ3v) is 5.56. The molecular weight excluding hydrogens is 328 g/mol. The van der Waals surface area contributed by atoms with Crippen molar-refractivity contribution in [3.8, 4) is 5.88 Å². The van der Waals surface area contributed by atoms with E-state index in [1.807, 2.05) is 30.3 Å². The van der Waals surface area contributed by atoms with Gasteiger partial charge in [0.05, 0.1) is 17.1 Å². The van der Waals surface area contributed by atoms with Crippen molar-refractivity contribution in [3.05, 3.63) is 59.8 Å². The number of benzene rings is 1. The third-order valence-electron chi connectivity index (χ3n) is 3.80. The van der Waals surface area contributed by atoms with E-state index in [0.717, 1.165) is 5.56 Å². The molecule has 3 rings (SSSR count). The molecule has 7 heteroatoms. The summed E-state index contributed by atoms with van der Waals surface area (Å²) < 4.78 is 28.4. The third kappa shape index (κ3) is 4.32. The quantitative estimate of drug-likeness (QED) is 0.888. The molecule has 1 saturated heterocycles. The summed E-state index contributed by atoms with van der Waals surface area (Å²) in [6, 6.07) is 12.6. The van der Waals surface area contributed by atoms with E-state index in [1.165, 1.54) is 6.20 Å². The molecule has 24 heavy (non-hydrogen) atoms. The van der Waals surface area contributed by atoms with Gasteiger partial charge < -0.3 is 10.1 Å². The number of rotatable bonds is 5. The van der Waals surface area contributed by atoms with Crippen LogP contribution < -0.4 is 10.1 Å². The van der Waals surface area contributed by atoms with Crippen molar-refractivity contribution in [2.45, 2.75) is 19.1 Å². The zero-order valence-corrected chi connectivity index (χ0v) is 13.8. The lowest BCUT2D eigenvalue weighted by Gasteiger charge is -2.11. The number of carbonyl (C=O) groups is 1. The molecule has 1 aromatic carbocycles. The summed E-state index contributed by atoms with van der Waals surface area (Å²) in [6.45, 7) is 0.402. The molecule has 0 spiro atoms. The summed E-state index contributed by atoms with van der Waals surface area (Å²) in [6.07, 6.45) is 1.89. The summed E-state index contributed by atoms with van der Waals surface area (Å²) in [4.78, 5) is 16.2. The molecule has 2 aromatic rings. The predicted octanol–water partition coefficient (Wildman–Crippen LogP) is 1.58. The fraction of sp³-hybridized carbons (Fsp3) is 0.294. The average molecular weight is 346 g/mol. The Morgan fingerprint density at radius 1 is 1.21 bits per heavy atom. The summed E-state index contributed by atoms with van der Waals surface area (Å²) in [5.41, 5.74) is 1.41. The number of amides is 1. The van der Waals surface area contributed by atoms with Gasteiger partial charge in [0.2, 0.25) is 5.88 Å². The number of ether oxygens (including phenoxy) is 1. The summed E-state index contributed by atoms with van der Waals surface area (Å²) in [5, 5.41) is 2.73. The van der Waals surface area contributed by atoms with Gasteiger partial charge in [-0.3, -0.25) is 4.79 Å². The van der Waals surface area contributed by atoms with Gasteiger partial charge in [-0.15, -0.1) is 0 Å². The molecule has 1 fully saturated rings. The second-order valence-electron chi connectivity index (χ2n) is 5.73. The zero-order chi connectivity index (χ0) is 17.0. The van der Waals surface area contributed by atoms with Gasteiger partial charge in [0.25, 0.3) is 5.91 Å². The minimum absolute atomic E-state index is 0.00440. The van der Waals surface area contributed by atoms with E-state index >= 15 is 0 Å². The van der Waals surface area contributed by atoms with E-state index < -0.39 is 9.84 Å². The highest BCUT2D eigenvalue weighted by Gasteiger charge is 2.29. The summed E-state index contributed by atoms with van der Waals surface area (Å²) in [7, 11) is -3.01. The number of hydrogen-bond acceptors (Lipinski definition) is 5. The molecule has 0 bridgehead atoms. The van der Waals surface area contributed by atoms with Gasteiger partial charge in [-0.1, -0.05) is 30.3 Å². The Kier molecular flexibility index (Phi) is 4.80. The molecular formula is C17H18N2O4S. The second kappa shape index (κ2) is 7.00. The Hall–Kier alpha value is -2.41. The summed E-state index contributed by atoms with van der Waals surface area (Å²) in [5.74, 6) is 0.241. The minimum atomic E-state index is -3.01. The van der Waals surface area contributed by atoms with Crippen LogP contribution >= 0.6 is 0 Å². The molecule has 1 amide bonds. The standard InChI is InChI=1S/C17H18N2O4S/c20-17(19-15-8-9-24(21,22)12-15)14-6-7-16(18-10-14)23-11-13-4-2-1-3-5-13/h1-7,10,15H,8-9,11-12H2,(H,19,20)/t15-/m0/s1. The smallest absolute Gasteiger partial charge is 0.253 e. The van der Waals surface area contributed by atoms with Crippen molar-refractivity contribution in [2.75, 3.05) is 11.5 Å². The highest BCUT2D eigenvalue weighted by Crippen LogP contribution is 2.14. The molecule has 1 aliphatic heterocycles. The SMILES string of the molecule is O=C(N[C@H]1CCS(=O)(=O)C1)c1ccc(OCc2ccccc2)nc1. The second-order valence-corrected chi connectivity index (χ2v) is 7.96. The van der Waals surface area contributed by atoms with Gasteiger partial charge in [0.15, 0.2) is 9.84 Å². The van der Waals surface area contributed by atoms with E-state index in [9.17, 15) is 13.2 Å². The Balaban J connectivity index is 1.55. The molecule has 0 radical (unpaired) electrons. The van der Waals surface area contributed by atoms with E-state index in [-0.39, 0.29) is 23.5 Å². The fourth-order valence-electron chi connectivity index (χ4n) is 2.51. The first kappa shape index (κ1) is 16.4. The first-order valence-electron chi connectivity index (χ1n) is 7.66. The number of sulfone groups is 1. The van der Waals surface area contributed by atoms with Gasteiger partial charge in [-0.2, -0.15) is 0 Å². The van der Waals surface area contributed by atoms with Crippen molar-refractivity contribution in [1.29, 1.82) is 0 Å². The van der Waals surface area contributed by atoms with E-state index in [1.54, 1.807) is 12.1 Å². The van der Waals surface area contributed by atoms with Crippen LogP contribution in [0.5, 0.6) is 5.88 Å². The Morgan fingerprint density at radius 2 is 2.00 bits per heavy atom. The highest BCUT2D eigenvalue weighted by atomic mass is 32.2. The Labute approximate surface area is 140 Å². The normalized spacial score (nSPS) is 18.9. The van der Waals surface area contributed by atoms with Crippen LogP contribution in [-0.4, -0.2) is 36.9 Å². The van der Waals surface area contributed by atoms with Gasteiger partial charge in [-0.05, 0) is 18.1 Å². The lowest BCUT2D eigenvalue weighted by atomic mass is 10.2. The predicted molar refractivity (Wildman–Crippen MR) is 89.5 cm³/mol. The maximum Gasteiger partial charge on any atom is 0.253 e. The fourth-order valence-corrected chi connectivity index (χ4v) is 4.18. The molecule has 126 valence electrons. The van der Waals surface area contributed by atoms with Gasteiger partial charge in [0, 0.05) is 18.3 Å². The number of nitrogens with zero attached hydrogens (tertiary/aromatic N) is 1. The van der Waals surface area contributed by atoms with Gasteiger partial charge in [0.1, 0.15) is 6.61 Å². The first-order valence-corrected chi connectivity index (χ1v) is 9.48. The monoisotopic (exact) mass is 346 g/mol. The summed E-state index contributed by atoms with van der Waals surface area (Å²) >= 11 is 0. The number of hydrogen-bond donors (Lipinski definition) is 1. The Morgan fingerprint density at radius 3 is 2.62 bits per heavy atom. The molecule has 0 aliphatic carbocycles. The van der Waals surface area contributed by atoms with Gasteiger partial charge in [-0.25, -0.2) is 13.4 Å². The minimum Gasteiger partial charge on any atom is -0.473 e. The molecule has 1 atom stereocenters. The number of nitrogens with one attached hydrogen (secondary N) is 1. The van der Waals surface area contributed by atoms with Crippen LogP contribution in [0.3, 0.4) is 0 Å². The van der Waals surface area contributed by atoms with Crippen molar-refractivity contribution in [2.24, 2.45) is 0 Å². The molecule has 1 aliphatic rings. The molecule has 0 saturated carbocycles. The van der Waals surface area contributed by atoms with Crippen LogP contribution in [0, 0.1) is 0 Å². The van der Waals surface area contributed by atoms with Crippen LogP contribution in [0.25, 0.3) is 0 Å². The van der Waals surface area contributed by atoms with Crippen molar-refractivity contribution in [1.82, 2.24) is 10.3 Å². The lowest BCUT2D eigenvalue weighted by Crippen LogP contribution is -2.35. The van der Waals surface area contributed by atoms with Gasteiger partial charge >= 0.3 is 0 Å². The number of carbonyl (C=O) groups excluding carboxylic acids is 1. The highest BCUT2D eigenvalue weighted by molar-refractivity contribution is 7.91. The van der Waals surface area contributed by atoms with Crippen LogP contribution in [0.2, 0.25) is 0 Å². The topological polar surface area (TPSA) is 85.4 Å². The molecule has 2 heterocycles. The maximum absolute atomic E-state index is 12.1.